The van der Waals surface area contributed by atoms with E-state index in [9.17, 15) is 4.79 Å². The Morgan fingerprint density at radius 3 is 2.44 bits per heavy atom. The third-order valence-electron chi connectivity index (χ3n) is 5.20. The van der Waals surface area contributed by atoms with Crippen LogP contribution in [0.2, 0.25) is 10.0 Å². The molecular weight excluding hydrogens is 487 g/mol. The Hall–Kier alpha value is -3.32. The van der Waals surface area contributed by atoms with Crippen LogP contribution in [0.5, 0.6) is 0 Å². The largest absolute Gasteiger partial charge is 0.325 e. The third-order valence-corrected chi connectivity index (χ3v) is 6.61. The molecule has 168 valence electrons. The van der Waals surface area contributed by atoms with Crippen LogP contribution in [0.3, 0.4) is 0 Å². The molecule has 8 heteroatoms. The van der Waals surface area contributed by atoms with Crippen LogP contribution < -0.4 is 5.32 Å². The lowest BCUT2D eigenvalue weighted by Gasteiger charge is -2.11. The molecule has 0 aliphatic heterocycles. The second-order valence-corrected chi connectivity index (χ2v) is 9.31. The van der Waals surface area contributed by atoms with E-state index in [1.807, 2.05) is 77.4 Å². The summed E-state index contributed by atoms with van der Waals surface area (Å²) in [6.07, 6.45) is 0. The normalized spacial score (nSPS) is 11.0. The zero-order valence-electron chi connectivity index (χ0n) is 17.8. The van der Waals surface area contributed by atoms with Gasteiger partial charge in [-0.05, 0) is 47.9 Å². The molecule has 0 unspecified atom stereocenters. The molecule has 5 aromatic rings. The van der Waals surface area contributed by atoms with Gasteiger partial charge in [-0.1, -0.05) is 83.5 Å². The van der Waals surface area contributed by atoms with Crippen LogP contribution in [-0.2, 0) is 4.79 Å². The molecule has 0 saturated carbocycles. The van der Waals surface area contributed by atoms with Crippen LogP contribution in [0.25, 0.3) is 27.8 Å². The average molecular weight is 505 g/mol. The van der Waals surface area contributed by atoms with Gasteiger partial charge in [-0.15, -0.1) is 10.2 Å². The lowest BCUT2D eigenvalue weighted by molar-refractivity contribution is -0.113. The molecular formula is C26H18Cl2N4OS. The molecule has 0 spiro atoms. The highest BCUT2D eigenvalue weighted by Crippen LogP contribution is 2.30. The summed E-state index contributed by atoms with van der Waals surface area (Å²) in [7, 11) is 0. The molecule has 1 aromatic heterocycles. The minimum absolute atomic E-state index is 0.128. The van der Waals surface area contributed by atoms with Gasteiger partial charge in [-0.2, -0.15) is 0 Å². The Balaban J connectivity index is 1.42. The van der Waals surface area contributed by atoms with Gasteiger partial charge >= 0.3 is 0 Å². The summed E-state index contributed by atoms with van der Waals surface area (Å²) in [6, 6.07) is 28.6. The SMILES string of the molecule is O=C(CSc1nnc(-c2cccc(Cl)c2)n1-c1ccc(Cl)cc1)Nc1cccc2ccccc12. The van der Waals surface area contributed by atoms with Gasteiger partial charge in [0.2, 0.25) is 5.91 Å². The molecule has 0 aliphatic rings. The topological polar surface area (TPSA) is 59.8 Å². The summed E-state index contributed by atoms with van der Waals surface area (Å²) >= 11 is 13.6. The summed E-state index contributed by atoms with van der Waals surface area (Å²) < 4.78 is 1.90. The quantitative estimate of drug-likeness (QED) is 0.250. The summed E-state index contributed by atoms with van der Waals surface area (Å²) in [5, 5.41) is 15.7. The summed E-state index contributed by atoms with van der Waals surface area (Å²) in [5.41, 5.74) is 2.44. The third kappa shape index (κ3) is 4.80. The van der Waals surface area contributed by atoms with Crippen molar-refractivity contribution in [3.8, 4) is 17.1 Å². The number of carbonyl (C=O) groups is 1. The minimum Gasteiger partial charge on any atom is -0.325 e. The maximum absolute atomic E-state index is 12.8. The van der Waals surface area contributed by atoms with Crippen LogP contribution in [0, 0.1) is 0 Å². The van der Waals surface area contributed by atoms with Crippen molar-refractivity contribution < 1.29 is 4.79 Å². The van der Waals surface area contributed by atoms with Gasteiger partial charge in [0.05, 0.1) is 5.75 Å². The van der Waals surface area contributed by atoms with E-state index >= 15 is 0 Å². The maximum Gasteiger partial charge on any atom is 0.234 e. The van der Waals surface area contributed by atoms with Crippen LogP contribution >= 0.6 is 35.0 Å². The molecule has 0 fully saturated rings. The van der Waals surface area contributed by atoms with Crippen molar-refractivity contribution in [2.75, 3.05) is 11.1 Å². The Labute approximate surface area is 210 Å². The molecule has 1 heterocycles. The number of nitrogens with one attached hydrogen (secondary N) is 1. The number of nitrogens with zero attached hydrogens (tertiary/aromatic N) is 3. The maximum atomic E-state index is 12.8. The highest BCUT2D eigenvalue weighted by atomic mass is 35.5. The standard InChI is InChI=1S/C26H18Cl2N4OS/c27-19-11-13-21(14-12-19)32-25(18-7-3-8-20(28)15-18)30-31-26(32)34-16-24(33)29-23-10-4-6-17-5-1-2-9-22(17)23/h1-15H,16H2,(H,29,33). The first-order valence-electron chi connectivity index (χ1n) is 10.5. The Morgan fingerprint density at radius 2 is 1.62 bits per heavy atom. The van der Waals surface area contributed by atoms with E-state index in [0.29, 0.717) is 21.0 Å². The number of aromatic nitrogens is 3. The zero-order valence-corrected chi connectivity index (χ0v) is 20.1. The molecule has 1 N–H and O–H groups in total. The summed E-state index contributed by atoms with van der Waals surface area (Å²) in [6.45, 7) is 0. The van der Waals surface area contributed by atoms with Crippen molar-refractivity contribution in [1.82, 2.24) is 14.8 Å². The smallest absolute Gasteiger partial charge is 0.234 e. The second-order valence-electron chi connectivity index (χ2n) is 7.49. The first-order chi connectivity index (χ1) is 16.6. The number of anilines is 1. The number of amides is 1. The molecule has 0 atom stereocenters. The van der Waals surface area contributed by atoms with Crippen molar-refractivity contribution >= 4 is 57.3 Å². The van der Waals surface area contributed by atoms with Crippen molar-refractivity contribution in [2.45, 2.75) is 5.16 Å². The van der Waals surface area contributed by atoms with Gasteiger partial charge in [-0.3, -0.25) is 9.36 Å². The lowest BCUT2D eigenvalue weighted by Crippen LogP contribution is -2.14. The van der Waals surface area contributed by atoms with Crippen molar-refractivity contribution in [2.24, 2.45) is 0 Å². The fraction of sp³-hybridized carbons (Fsp3) is 0.0385. The molecule has 0 bridgehead atoms. The predicted octanol–water partition coefficient (Wildman–Crippen LogP) is 7.13. The van der Waals surface area contributed by atoms with Gasteiger partial charge in [0.15, 0.2) is 11.0 Å². The first-order valence-corrected chi connectivity index (χ1v) is 12.2. The Bertz CT molecular complexity index is 1480. The van der Waals surface area contributed by atoms with E-state index < -0.39 is 0 Å². The van der Waals surface area contributed by atoms with Crippen LogP contribution in [0.15, 0.2) is 96.2 Å². The molecule has 1 amide bonds. The van der Waals surface area contributed by atoms with Gasteiger partial charge < -0.3 is 5.32 Å². The van der Waals surface area contributed by atoms with E-state index in [-0.39, 0.29) is 11.7 Å². The second kappa shape index (κ2) is 9.89. The average Bonchev–Trinajstić information content (AvgIpc) is 3.27. The summed E-state index contributed by atoms with van der Waals surface area (Å²) in [5.74, 6) is 0.669. The van der Waals surface area contributed by atoms with Crippen LogP contribution in [-0.4, -0.2) is 26.4 Å². The van der Waals surface area contributed by atoms with E-state index in [4.69, 9.17) is 23.2 Å². The zero-order chi connectivity index (χ0) is 23.5. The number of hydrogen-bond acceptors (Lipinski definition) is 4. The number of carbonyl (C=O) groups excluding carboxylic acids is 1. The molecule has 0 radical (unpaired) electrons. The van der Waals surface area contributed by atoms with Gasteiger partial charge in [0, 0.05) is 32.4 Å². The summed E-state index contributed by atoms with van der Waals surface area (Å²) in [4.78, 5) is 12.8. The lowest BCUT2D eigenvalue weighted by atomic mass is 10.1. The molecule has 4 aromatic carbocycles. The van der Waals surface area contributed by atoms with Crippen molar-refractivity contribution in [1.29, 1.82) is 0 Å². The van der Waals surface area contributed by atoms with Crippen LogP contribution in [0.4, 0.5) is 5.69 Å². The number of rotatable bonds is 6. The Morgan fingerprint density at radius 1 is 0.853 bits per heavy atom. The molecule has 34 heavy (non-hydrogen) atoms. The number of benzene rings is 4. The number of halogens is 2. The molecule has 5 rings (SSSR count). The van der Waals surface area contributed by atoms with Crippen molar-refractivity contribution in [3.63, 3.8) is 0 Å². The number of thioether (sulfide) groups is 1. The van der Waals surface area contributed by atoms with Gasteiger partial charge in [-0.25, -0.2) is 0 Å². The molecule has 0 saturated heterocycles. The van der Waals surface area contributed by atoms with Gasteiger partial charge in [0.25, 0.3) is 0 Å². The van der Waals surface area contributed by atoms with E-state index in [1.54, 1.807) is 18.2 Å². The monoisotopic (exact) mass is 504 g/mol. The van der Waals surface area contributed by atoms with Gasteiger partial charge in [0.1, 0.15) is 0 Å². The highest BCUT2D eigenvalue weighted by Gasteiger charge is 2.18. The number of fused-ring (bicyclic) bond motifs is 1. The predicted molar refractivity (Wildman–Crippen MR) is 140 cm³/mol. The van der Waals surface area contributed by atoms with Crippen LogP contribution in [0.1, 0.15) is 0 Å². The van der Waals surface area contributed by atoms with E-state index in [1.165, 1.54) is 11.8 Å². The highest BCUT2D eigenvalue weighted by molar-refractivity contribution is 7.99. The molecule has 0 aliphatic carbocycles. The molecule has 5 nitrogen and oxygen atoms in total. The fourth-order valence-electron chi connectivity index (χ4n) is 3.65. The fourth-order valence-corrected chi connectivity index (χ4v) is 4.72. The van der Waals surface area contributed by atoms with E-state index in [0.717, 1.165) is 27.7 Å². The minimum atomic E-state index is -0.128. The number of hydrogen-bond donors (Lipinski definition) is 1. The van der Waals surface area contributed by atoms with Crippen molar-refractivity contribution in [3.05, 3.63) is 101 Å². The van der Waals surface area contributed by atoms with E-state index in [2.05, 4.69) is 15.5 Å². The Kier molecular flexibility index (Phi) is 6.54. The first kappa shape index (κ1) is 22.5.